The predicted octanol–water partition coefficient (Wildman–Crippen LogP) is 7.40. The van der Waals surface area contributed by atoms with Gasteiger partial charge in [0.25, 0.3) is 31.9 Å². The molecular formula is C43H56Cl4N12O8S2. The van der Waals surface area contributed by atoms with Gasteiger partial charge in [0.15, 0.2) is 10.1 Å². The van der Waals surface area contributed by atoms with Gasteiger partial charge in [0, 0.05) is 43.1 Å². The average Bonchev–Trinajstić information content (AvgIpc) is 3.76. The van der Waals surface area contributed by atoms with Gasteiger partial charge in [0.2, 0.25) is 10.6 Å². The number of carbonyl (C=O) groups is 3. The summed E-state index contributed by atoms with van der Waals surface area (Å²) in [5.74, 6) is -0.279. The first kappa shape index (κ1) is 55.2. The minimum atomic E-state index is -4.29. The molecule has 0 aliphatic carbocycles. The summed E-state index contributed by atoms with van der Waals surface area (Å²) in [5.41, 5.74) is -1.11. The molecule has 0 aromatic carbocycles. The highest BCUT2D eigenvalue weighted by Gasteiger charge is 2.42. The third-order valence-corrected chi connectivity index (χ3v) is 14.2. The number of ether oxygens (including phenoxy) is 1. The Labute approximate surface area is 422 Å². The molecule has 2 atom stereocenters. The second-order valence-corrected chi connectivity index (χ2v) is 23.4. The number of sulfonamides is 2. The van der Waals surface area contributed by atoms with Gasteiger partial charge in [0.1, 0.15) is 27.5 Å². The molecule has 2 aliphatic heterocycles. The number of rotatable bonds is 16. The van der Waals surface area contributed by atoms with Gasteiger partial charge in [-0.2, -0.15) is 16.8 Å². The fraction of sp³-hybridized carbons (Fsp3) is 0.512. The van der Waals surface area contributed by atoms with Gasteiger partial charge < -0.3 is 25.6 Å². The van der Waals surface area contributed by atoms with Crippen molar-refractivity contribution in [1.82, 2.24) is 49.6 Å². The molecular weight excluding hydrogens is 1020 g/mol. The Morgan fingerprint density at radius 2 is 1.19 bits per heavy atom. The van der Waals surface area contributed by atoms with E-state index in [1.165, 1.54) is 18.2 Å². The number of anilines is 2. The Kier molecular flexibility index (Phi) is 18.4. The summed E-state index contributed by atoms with van der Waals surface area (Å²) >= 11 is 22.9. The Morgan fingerprint density at radius 3 is 1.61 bits per heavy atom. The summed E-state index contributed by atoms with van der Waals surface area (Å²) < 4.78 is 59.9. The zero-order chi connectivity index (χ0) is 51.0. The van der Waals surface area contributed by atoms with E-state index in [4.69, 9.17) is 51.1 Å². The van der Waals surface area contributed by atoms with Gasteiger partial charge in [-0.25, -0.2) is 44.1 Å². The molecule has 0 bridgehead atoms. The third-order valence-electron chi connectivity index (χ3n) is 10.8. The SMILES string of the molecule is CC(C)(C)OC(=O)N1C[C@@H](CCCNc2cccc(S(=O)(=O)NC(=O)c3cnc(Cl)nc3Cl)n2)CC1(C)C.CC1(C)C[C@H](CCCNc2cccc(S(=O)(=O)NC(=O)c3cnc(Cl)nc3Cl)n2)CN1. The van der Waals surface area contributed by atoms with E-state index in [1.54, 1.807) is 23.1 Å². The molecule has 0 spiro atoms. The van der Waals surface area contributed by atoms with Crippen molar-refractivity contribution in [3.63, 3.8) is 0 Å². The number of nitrogens with zero attached hydrogens (tertiary/aromatic N) is 7. The standard InChI is InChI=1S/C24H32Cl2N6O5S.C19H24Cl2N6O3S/c1-23(2,3)37-22(34)32-14-15(12-24(32,4)5)8-7-11-27-17-9-6-10-18(29-17)38(35,36)31-20(33)16-13-28-21(26)30-19(16)25;1-19(2)9-12(10-24-19)5-4-8-22-14-6-3-7-15(25-14)31(29,30)27-17(28)13-11-23-18(21)26-16(13)20/h6,9-10,13,15H,7-8,11-12,14H2,1-5H3,(H,27,29)(H,31,33);3,6-7,11-12,24H,4-5,8-10H2,1-2H3,(H,22,25)(H,27,28)/t15-;12-/m00/s1. The molecule has 0 saturated carbocycles. The van der Waals surface area contributed by atoms with Gasteiger partial charge >= 0.3 is 6.09 Å². The Balaban J connectivity index is 0.000000263. The van der Waals surface area contributed by atoms with E-state index < -0.39 is 37.5 Å². The lowest BCUT2D eigenvalue weighted by Gasteiger charge is -2.33. The summed E-state index contributed by atoms with van der Waals surface area (Å²) in [6.45, 7) is 16.9. The van der Waals surface area contributed by atoms with Crippen molar-refractivity contribution >= 4 is 96.0 Å². The molecule has 4 aromatic heterocycles. The maximum Gasteiger partial charge on any atom is 0.410 e. The maximum absolute atomic E-state index is 12.7. The number of amides is 3. The second kappa shape index (κ2) is 23.0. The molecule has 5 N–H and O–H groups in total. The highest BCUT2D eigenvalue weighted by atomic mass is 35.5. The van der Waals surface area contributed by atoms with Crippen molar-refractivity contribution in [3.8, 4) is 0 Å². The van der Waals surface area contributed by atoms with E-state index in [-0.39, 0.29) is 59.2 Å². The minimum absolute atomic E-state index is 0.155. The van der Waals surface area contributed by atoms with E-state index in [1.807, 2.05) is 44.1 Å². The summed E-state index contributed by atoms with van der Waals surface area (Å²) in [5, 5.41) is 8.27. The Morgan fingerprint density at radius 1 is 0.725 bits per heavy atom. The van der Waals surface area contributed by atoms with Crippen molar-refractivity contribution < 1.29 is 36.0 Å². The zero-order valence-corrected chi connectivity index (χ0v) is 43.7. The first-order valence-corrected chi connectivity index (χ1v) is 26.3. The molecule has 69 heavy (non-hydrogen) atoms. The summed E-state index contributed by atoms with van der Waals surface area (Å²) in [4.78, 5) is 61.9. The van der Waals surface area contributed by atoms with Crippen molar-refractivity contribution in [2.24, 2.45) is 11.8 Å². The van der Waals surface area contributed by atoms with Gasteiger partial charge in [-0.3, -0.25) is 9.59 Å². The average molecular weight is 1070 g/mol. The van der Waals surface area contributed by atoms with Crippen LogP contribution in [0.1, 0.15) is 108 Å². The molecule has 6 heterocycles. The summed E-state index contributed by atoms with van der Waals surface area (Å²) in [6.07, 6.45) is 7.45. The van der Waals surface area contributed by atoms with Crippen LogP contribution in [0.2, 0.25) is 20.9 Å². The van der Waals surface area contributed by atoms with Crippen molar-refractivity contribution in [3.05, 3.63) is 80.8 Å². The molecule has 2 saturated heterocycles. The van der Waals surface area contributed by atoms with Crippen LogP contribution in [0.15, 0.2) is 58.8 Å². The van der Waals surface area contributed by atoms with Crippen LogP contribution in [0.25, 0.3) is 0 Å². The Hall–Kier alpha value is -4.71. The maximum atomic E-state index is 12.7. The monoisotopic (exact) mass is 1070 g/mol. The van der Waals surface area contributed by atoms with Gasteiger partial charge in [-0.1, -0.05) is 35.3 Å². The van der Waals surface area contributed by atoms with Crippen molar-refractivity contribution in [2.75, 3.05) is 36.8 Å². The second-order valence-electron chi connectivity index (χ2n) is 18.7. The number of likely N-dealkylation sites (tertiary alicyclic amines) is 1. The van der Waals surface area contributed by atoms with Gasteiger partial charge in [-0.05, 0) is 153 Å². The van der Waals surface area contributed by atoms with Crippen molar-refractivity contribution in [2.45, 2.75) is 114 Å². The van der Waals surface area contributed by atoms with E-state index in [2.05, 4.69) is 59.7 Å². The van der Waals surface area contributed by atoms with Crippen LogP contribution < -0.4 is 25.4 Å². The highest BCUT2D eigenvalue weighted by molar-refractivity contribution is 7.90. The molecule has 0 unspecified atom stereocenters. The fourth-order valence-corrected chi connectivity index (χ4v) is 10.3. The molecule has 2 aliphatic rings. The molecule has 26 heteroatoms. The topological polar surface area (TPSA) is 269 Å². The van der Waals surface area contributed by atoms with Crippen LogP contribution >= 0.6 is 46.4 Å². The first-order valence-electron chi connectivity index (χ1n) is 21.8. The molecule has 4 aromatic rings. The quantitative estimate of drug-likeness (QED) is 0.0415. The largest absolute Gasteiger partial charge is 0.444 e. The highest BCUT2D eigenvalue weighted by Crippen LogP contribution is 2.36. The smallest absolute Gasteiger partial charge is 0.410 e. The number of nitrogens with one attached hydrogen (secondary N) is 5. The number of hydrogen-bond acceptors (Lipinski definition) is 17. The van der Waals surface area contributed by atoms with Crippen LogP contribution in [0.3, 0.4) is 0 Å². The van der Waals surface area contributed by atoms with Gasteiger partial charge in [-0.15, -0.1) is 0 Å². The number of carbonyl (C=O) groups excluding carboxylic acids is 3. The minimum Gasteiger partial charge on any atom is -0.444 e. The number of halogens is 4. The van der Waals surface area contributed by atoms with Gasteiger partial charge in [0.05, 0.1) is 11.1 Å². The number of pyridine rings is 2. The van der Waals surface area contributed by atoms with Crippen LogP contribution in [0.4, 0.5) is 16.4 Å². The number of hydrogen-bond donors (Lipinski definition) is 5. The molecule has 376 valence electrons. The fourth-order valence-electron chi connectivity index (χ4n) is 7.70. The molecule has 20 nitrogen and oxygen atoms in total. The predicted molar refractivity (Wildman–Crippen MR) is 263 cm³/mol. The normalized spacial score (nSPS) is 17.6. The van der Waals surface area contributed by atoms with Crippen LogP contribution in [0, 0.1) is 11.8 Å². The first-order chi connectivity index (χ1) is 32.1. The molecule has 3 amide bonds. The van der Waals surface area contributed by atoms with E-state index in [0.717, 1.165) is 57.5 Å². The lowest BCUT2D eigenvalue weighted by atomic mass is 9.93. The lowest BCUT2D eigenvalue weighted by Crippen LogP contribution is -2.45. The van der Waals surface area contributed by atoms with E-state index >= 15 is 0 Å². The van der Waals surface area contributed by atoms with E-state index in [9.17, 15) is 31.2 Å². The number of aromatic nitrogens is 6. The van der Waals surface area contributed by atoms with Crippen LogP contribution in [0.5, 0.6) is 0 Å². The summed E-state index contributed by atoms with van der Waals surface area (Å²) in [6, 6.07) is 8.94. The van der Waals surface area contributed by atoms with Crippen molar-refractivity contribution in [1.29, 1.82) is 0 Å². The lowest BCUT2D eigenvalue weighted by molar-refractivity contribution is 0.0130. The van der Waals surface area contributed by atoms with Crippen LogP contribution in [-0.4, -0.2) is 112 Å². The molecule has 6 rings (SSSR count). The Bertz CT molecular complexity index is 2730. The molecule has 2 fully saturated rings. The van der Waals surface area contributed by atoms with Crippen LogP contribution in [-0.2, 0) is 24.8 Å². The summed E-state index contributed by atoms with van der Waals surface area (Å²) in [7, 11) is -8.51. The zero-order valence-electron chi connectivity index (χ0n) is 39.1. The third kappa shape index (κ3) is 16.4. The van der Waals surface area contributed by atoms with E-state index in [0.29, 0.717) is 43.1 Å². The molecule has 0 radical (unpaired) electrons.